The van der Waals surface area contributed by atoms with Crippen LogP contribution >= 0.6 is 28.3 Å². The van der Waals surface area contributed by atoms with Gasteiger partial charge in [-0.2, -0.15) is 0 Å². The standard InChI is InChI=1S/C16H20BrN3O2.ClH/c17-13-5-1-2-6-14(13)20-9-11(8-15(20)21)16(22)19-7-3-4-12(18)10-19;/h1-2,5-6,11-12H,3-4,7-10,18H2;1H. The van der Waals surface area contributed by atoms with Crippen LogP contribution in [-0.2, 0) is 9.59 Å². The molecule has 1 aromatic rings. The van der Waals surface area contributed by atoms with E-state index in [4.69, 9.17) is 5.73 Å². The number of nitrogens with two attached hydrogens (primary N) is 1. The van der Waals surface area contributed by atoms with E-state index in [0.717, 1.165) is 29.5 Å². The lowest BCUT2D eigenvalue weighted by molar-refractivity contribution is -0.136. The van der Waals surface area contributed by atoms with Crippen LogP contribution < -0.4 is 10.6 Å². The molecule has 2 heterocycles. The van der Waals surface area contributed by atoms with Gasteiger partial charge in [-0.15, -0.1) is 12.4 Å². The second-order valence-corrected chi connectivity index (χ2v) is 6.90. The molecule has 2 saturated heterocycles. The zero-order valence-electron chi connectivity index (χ0n) is 12.8. The monoisotopic (exact) mass is 401 g/mol. The van der Waals surface area contributed by atoms with Crippen molar-refractivity contribution in [2.45, 2.75) is 25.3 Å². The molecule has 1 aromatic carbocycles. The highest BCUT2D eigenvalue weighted by molar-refractivity contribution is 9.10. The molecule has 5 nitrogen and oxygen atoms in total. The Labute approximate surface area is 150 Å². The van der Waals surface area contributed by atoms with Crippen LogP contribution in [0.25, 0.3) is 0 Å². The Balaban J connectivity index is 0.00000192. The SMILES string of the molecule is Cl.NC1CCCN(C(=O)C2CC(=O)N(c3ccccc3Br)C2)C1. The molecule has 2 amide bonds. The average Bonchev–Trinajstić information content (AvgIpc) is 2.89. The first-order chi connectivity index (χ1) is 10.6. The lowest BCUT2D eigenvalue weighted by Gasteiger charge is -2.32. The number of halogens is 2. The van der Waals surface area contributed by atoms with E-state index in [9.17, 15) is 9.59 Å². The van der Waals surface area contributed by atoms with Crippen molar-refractivity contribution >= 4 is 45.8 Å². The highest BCUT2D eigenvalue weighted by Crippen LogP contribution is 2.32. The van der Waals surface area contributed by atoms with Crippen LogP contribution in [0.3, 0.4) is 0 Å². The lowest BCUT2D eigenvalue weighted by Crippen LogP contribution is -2.48. The maximum Gasteiger partial charge on any atom is 0.228 e. The minimum atomic E-state index is -0.259. The molecule has 0 bridgehead atoms. The van der Waals surface area contributed by atoms with Crippen LogP contribution in [0.4, 0.5) is 5.69 Å². The minimum Gasteiger partial charge on any atom is -0.341 e. The molecule has 2 atom stereocenters. The Bertz CT molecular complexity index is 598. The Morgan fingerprint density at radius 3 is 2.70 bits per heavy atom. The number of carbonyl (C=O) groups is 2. The van der Waals surface area contributed by atoms with Gasteiger partial charge in [-0.3, -0.25) is 9.59 Å². The van der Waals surface area contributed by atoms with Crippen LogP contribution in [0.2, 0.25) is 0 Å². The Kier molecular flexibility index (Phi) is 6.06. The Morgan fingerprint density at radius 2 is 2.00 bits per heavy atom. The molecule has 0 saturated carbocycles. The van der Waals surface area contributed by atoms with E-state index >= 15 is 0 Å². The molecule has 0 aromatic heterocycles. The topological polar surface area (TPSA) is 66.6 Å². The minimum absolute atomic E-state index is 0. The van der Waals surface area contributed by atoms with Crippen molar-refractivity contribution in [3.63, 3.8) is 0 Å². The highest BCUT2D eigenvalue weighted by Gasteiger charge is 2.38. The number of hydrogen-bond acceptors (Lipinski definition) is 3. The van der Waals surface area contributed by atoms with Gasteiger partial charge in [0.1, 0.15) is 0 Å². The number of rotatable bonds is 2. The Morgan fingerprint density at radius 1 is 1.26 bits per heavy atom. The molecule has 0 aliphatic carbocycles. The number of piperidine rings is 1. The van der Waals surface area contributed by atoms with Gasteiger partial charge >= 0.3 is 0 Å². The Hall–Kier alpha value is -1.11. The fraction of sp³-hybridized carbons (Fsp3) is 0.500. The van der Waals surface area contributed by atoms with Crippen molar-refractivity contribution in [2.24, 2.45) is 11.7 Å². The van der Waals surface area contributed by atoms with Crippen LogP contribution in [-0.4, -0.2) is 42.4 Å². The third-order valence-electron chi connectivity index (χ3n) is 4.39. The molecule has 0 spiro atoms. The van der Waals surface area contributed by atoms with Gasteiger partial charge in [-0.05, 0) is 40.9 Å². The molecule has 7 heteroatoms. The zero-order valence-corrected chi connectivity index (χ0v) is 15.2. The van der Waals surface area contributed by atoms with Crippen LogP contribution in [0.1, 0.15) is 19.3 Å². The van der Waals surface area contributed by atoms with Crippen molar-refractivity contribution in [1.29, 1.82) is 0 Å². The molecule has 2 N–H and O–H groups in total. The second-order valence-electron chi connectivity index (χ2n) is 6.04. The number of anilines is 1. The van der Waals surface area contributed by atoms with E-state index in [2.05, 4.69) is 15.9 Å². The summed E-state index contributed by atoms with van der Waals surface area (Å²) in [6.07, 6.45) is 2.20. The highest BCUT2D eigenvalue weighted by atomic mass is 79.9. The molecule has 3 rings (SSSR count). The lowest BCUT2D eigenvalue weighted by atomic mass is 10.0. The summed E-state index contributed by atoms with van der Waals surface area (Å²) in [5.41, 5.74) is 6.78. The largest absolute Gasteiger partial charge is 0.341 e. The number of amides is 2. The van der Waals surface area contributed by atoms with Gasteiger partial charge in [0.2, 0.25) is 11.8 Å². The van der Waals surface area contributed by atoms with Gasteiger partial charge < -0.3 is 15.5 Å². The third kappa shape index (κ3) is 3.87. The molecular formula is C16H21BrClN3O2. The first-order valence-electron chi connectivity index (χ1n) is 7.65. The summed E-state index contributed by atoms with van der Waals surface area (Å²) >= 11 is 3.47. The molecule has 2 aliphatic heterocycles. The van der Waals surface area contributed by atoms with Gasteiger partial charge in [0.25, 0.3) is 0 Å². The van der Waals surface area contributed by atoms with Gasteiger partial charge in [0.15, 0.2) is 0 Å². The predicted octanol–water partition coefficient (Wildman–Crippen LogP) is 2.17. The van der Waals surface area contributed by atoms with E-state index in [1.807, 2.05) is 29.2 Å². The van der Waals surface area contributed by atoms with E-state index in [1.165, 1.54) is 0 Å². The van der Waals surface area contributed by atoms with Crippen molar-refractivity contribution < 1.29 is 9.59 Å². The quantitative estimate of drug-likeness (QED) is 0.824. The van der Waals surface area contributed by atoms with Crippen LogP contribution in [0.5, 0.6) is 0 Å². The van der Waals surface area contributed by atoms with Gasteiger partial charge in [-0.25, -0.2) is 0 Å². The number of para-hydroxylation sites is 1. The molecule has 2 unspecified atom stereocenters. The van der Waals surface area contributed by atoms with Crippen molar-refractivity contribution in [1.82, 2.24) is 4.90 Å². The fourth-order valence-corrected chi connectivity index (χ4v) is 3.74. The van der Waals surface area contributed by atoms with Gasteiger partial charge in [-0.1, -0.05) is 12.1 Å². The smallest absolute Gasteiger partial charge is 0.228 e. The predicted molar refractivity (Wildman–Crippen MR) is 95.6 cm³/mol. The van der Waals surface area contributed by atoms with Crippen LogP contribution in [0, 0.1) is 5.92 Å². The average molecular weight is 403 g/mol. The number of likely N-dealkylation sites (tertiary alicyclic amines) is 1. The summed E-state index contributed by atoms with van der Waals surface area (Å²) in [5, 5.41) is 0. The maximum absolute atomic E-state index is 12.6. The first kappa shape index (κ1) is 18.2. The summed E-state index contributed by atoms with van der Waals surface area (Å²) in [4.78, 5) is 28.5. The van der Waals surface area contributed by atoms with E-state index in [-0.39, 0.29) is 42.6 Å². The summed E-state index contributed by atoms with van der Waals surface area (Å²) in [6.45, 7) is 1.82. The maximum atomic E-state index is 12.6. The molecule has 126 valence electrons. The molecule has 0 radical (unpaired) electrons. The van der Waals surface area contributed by atoms with Crippen molar-refractivity contribution in [3.05, 3.63) is 28.7 Å². The number of carbonyl (C=O) groups excluding carboxylic acids is 2. The summed E-state index contributed by atoms with van der Waals surface area (Å²) < 4.78 is 0.872. The molecule has 2 fully saturated rings. The van der Waals surface area contributed by atoms with Crippen molar-refractivity contribution in [3.8, 4) is 0 Å². The second kappa shape index (κ2) is 7.64. The number of benzene rings is 1. The number of hydrogen-bond donors (Lipinski definition) is 1. The molecule has 23 heavy (non-hydrogen) atoms. The van der Waals surface area contributed by atoms with Crippen molar-refractivity contribution in [2.75, 3.05) is 24.5 Å². The zero-order chi connectivity index (χ0) is 15.7. The normalized spacial score (nSPS) is 24.5. The third-order valence-corrected chi connectivity index (χ3v) is 5.06. The van der Waals surface area contributed by atoms with Gasteiger partial charge in [0, 0.05) is 36.6 Å². The van der Waals surface area contributed by atoms with Crippen LogP contribution in [0.15, 0.2) is 28.7 Å². The van der Waals surface area contributed by atoms with E-state index in [0.29, 0.717) is 13.1 Å². The summed E-state index contributed by atoms with van der Waals surface area (Å²) in [5.74, 6) is -0.186. The molecular weight excluding hydrogens is 382 g/mol. The van der Waals surface area contributed by atoms with E-state index < -0.39 is 0 Å². The fourth-order valence-electron chi connectivity index (χ4n) is 3.24. The summed E-state index contributed by atoms with van der Waals surface area (Å²) in [6, 6.07) is 7.67. The van der Waals surface area contributed by atoms with Gasteiger partial charge in [0.05, 0.1) is 11.6 Å². The molecule has 2 aliphatic rings. The number of nitrogens with zero attached hydrogens (tertiary/aromatic N) is 2. The van der Waals surface area contributed by atoms with E-state index in [1.54, 1.807) is 4.90 Å². The summed E-state index contributed by atoms with van der Waals surface area (Å²) in [7, 11) is 0. The first-order valence-corrected chi connectivity index (χ1v) is 8.45.